The van der Waals surface area contributed by atoms with Gasteiger partial charge in [0.25, 0.3) is 0 Å². The molecular formula is C24H25O3S2+. The summed E-state index contributed by atoms with van der Waals surface area (Å²) in [7, 11) is -3.80. The zero-order chi connectivity index (χ0) is 20.3. The molecule has 1 fully saturated rings. The third kappa shape index (κ3) is 4.21. The Morgan fingerprint density at radius 3 is 1.97 bits per heavy atom. The molecule has 1 N–H and O–H groups in total. The van der Waals surface area contributed by atoms with Crippen molar-refractivity contribution in [3.63, 3.8) is 0 Å². The van der Waals surface area contributed by atoms with Crippen LogP contribution in [0.4, 0.5) is 0 Å². The fourth-order valence-corrected chi connectivity index (χ4v) is 7.87. The average Bonchev–Trinajstić information content (AvgIpc) is 2.77. The minimum absolute atomic E-state index is 0.249. The van der Waals surface area contributed by atoms with E-state index in [1.54, 1.807) is 18.2 Å². The lowest BCUT2D eigenvalue weighted by Crippen LogP contribution is -2.24. The fraction of sp³-hybridized carbons (Fsp3) is 0.250. The highest BCUT2D eigenvalue weighted by Crippen LogP contribution is 2.37. The summed E-state index contributed by atoms with van der Waals surface area (Å²) in [4.78, 5) is 3.31. The van der Waals surface area contributed by atoms with Crippen LogP contribution in [0.2, 0.25) is 0 Å². The standard InChI is InChI=1S/C24H24O3S2/c25-23-13-7-8-14-24(23)28(19-9-3-1-4-10-19)20-15-17-22(18-16-20)29(26,27)21-11-5-2-6-12-21/h1,3-4,7-10,13-18,21H,2,5-6,11-12H2/p+1. The molecule has 1 saturated carbocycles. The first-order valence-corrected chi connectivity index (χ1v) is 12.8. The number of para-hydroxylation sites is 1. The monoisotopic (exact) mass is 425 g/mol. The van der Waals surface area contributed by atoms with Gasteiger partial charge in [0, 0.05) is 0 Å². The molecule has 0 radical (unpaired) electrons. The van der Waals surface area contributed by atoms with Gasteiger partial charge in [0.15, 0.2) is 25.4 Å². The maximum Gasteiger partial charge on any atom is 0.208 e. The van der Waals surface area contributed by atoms with E-state index in [2.05, 4.69) is 0 Å². The highest BCUT2D eigenvalue weighted by molar-refractivity contribution is 7.97. The molecule has 0 spiro atoms. The summed E-state index contributed by atoms with van der Waals surface area (Å²) in [6.45, 7) is 0. The molecule has 1 unspecified atom stereocenters. The Kier molecular flexibility index (Phi) is 5.97. The van der Waals surface area contributed by atoms with Crippen LogP contribution in [0.5, 0.6) is 5.75 Å². The zero-order valence-electron chi connectivity index (χ0n) is 16.2. The van der Waals surface area contributed by atoms with Crippen molar-refractivity contribution < 1.29 is 13.5 Å². The molecule has 0 aromatic heterocycles. The molecule has 0 saturated heterocycles. The Balaban J connectivity index is 1.72. The van der Waals surface area contributed by atoms with E-state index in [9.17, 15) is 13.5 Å². The molecule has 3 aromatic rings. The lowest BCUT2D eigenvalue weighted by atomic mass is 10.0. The summed E-state index contributed by atoms with van der Waals surface area (Å²) >= 11 is 0. The summed E-state index contributed by atoms with van der Waals surface area (Å²) in [5, 5.41) is 10.2. The molecule has 3 nitrogen and oxygen atoms in total. The molecule has 29 heavy (non-hydrogen) atoms. The van der Waals surface area contributed by atoms with Gasteiger partial charge in [-0.25, -0.2) is 8.42 Å². The lowest BCUT2D eigenvalue weighted by Gasteiger charge is -2.21. The lowest BCUT2D eigenvalue weighted by molar-refractivity contribution is 0.462. The minimum atomic E-state index is -3.29. The van der Waals surface area contributed by atoms with Crippen molar-refractivity contribution in [1.29, 1.82) is 0 Å². The van der Waals surface area contributed by atoms with E-state index in [1.165, 1.54) is 0 Å². The zero-order valence-corrected chi connectivity index (χ0v) is 17.8. The molecule has 0 heterocycles. The van der Waals surface area contributed by atoms with E-state index in [-0.39, 0.29) is 11.0 Å². The smallest absolute Gasteiger partial charge is 0.208 e. The third-order valence-corrected chi connectivity index (χ3v) is 9.99. The van der Waals surface area contributed by atoms with E-state index in [0.29, 0.717) is 4.90 Å². The van der Waals surface area contributed by atoms with E-state index in [0.717, 1.165) is 46.8 Å². The second kappa shape index (κ2) is 8.64. The number of benzene rings is 3. The van der Waals surface area contributed by atoms with Gasteiger partial charge in [0.1, 0.15) is 10.9 Å². The molecule has 1 atom stereocenters. The van der Waals surface area contributed by atoms with Gasteiger partial charge in [-0.2, -0.15) is 0 Å². The first kappa shape index (κ1) is 20.0. The summed E-state index contributed by atoms with van der Waals surface area (Å²) in [6.07, 6.45) is 4.64. The quantitative estimate of drug-likeness (QED) is 0.542. The molecule has 4 rings (SSSR count). The first-order valence-electron chi connectivity index (χ1n) is 9.99. The SMILES string of the molecule is O=S(=O)(c1ccc([S+](c2ccccc2)c2ccccc2O)cc1)C1CCCCC1. The molecule has 5 heteroatoms. The van der Waals surface area contributed by atoms with E-state index < -0.39 is 20.7 Å². The number of aromatic hydroxyl groups is 1. The maximum atomic E-state index is 13.0. The summed E-state index contributed by atoms with van der Waals surface area (Å²) in [5.74, 6) is 0.249. The van der Waals surface area contributed by atoms with Gasteiger partial charge >= 0.3 is 0 Å². The van der Waals surface area contributed by atoms with Crippen molar-refractivity contribution in [3.8, 4) is 5.75 Å². The predicted molar refractivity (Wildman–Crippen MR) is 117 cm³/mol. The Morgan fingerprint density at radius 1 is 0.724 bits per heavy atom. The minimum Gasteiger partial charge on any atom is -0.503 e. The molecule has 0 bridgehead atoms. The van der Waals surface area contributed by atoms with Gasteiger partial charge < -0.3 is 5.11 Å². The molecule has 1 aliphatic carbocycles. The normalized spacial score (nSPS) is 16.4. The van der Waals surface area contributed by atoms with Gasteiger partial charge in [-0.15, -0.1) is 0 Å². The molecule has 0 aliphatic heterocycles. The van der Waals surface area contributed by atoms with E-state index >= 15 is 0 Å². The highest BCUT2D eigenvalue weighted by Gasteiger charge is 2.33. The van der Waals surface area contributed by atoms with Crippen LogP contribution in [0.3, 0.4) is 0 Å². The topological polar surface area (TPSA) is 54.4 Å². The van der Waals surface area contributed by atoms with E-state index in [4.69, 9.17) is 0 Å². The number of phenolic OH excluding ortho intramolecular Hbond substituents is 1. The van der Waals surface area contributed by atoms with Crippen LogP contribution in [0.15, 0.2) is 98.4 Å². The molecule has 0 amide bonds. The number of hydrogen-bond acceptors (Lipinski definition) is 3. The van der Waals surface area contributed by atoms with E-state index in [1.807, 2.05) is 60.7 Å². The van der Waals surface area contributed by atoms with Crippen molar-refractivity contribution in [2.45, 2.75) is 56.9 Å². The van der Waals surface area contributed by atoms with Crippen molar-refractivity contribution in [2.24, 2.45) is 0 Å². The van der Waals surface area contributed by atoms with Crippen LogP contribution in [0.25, 0.3) is 0 Å². The predicted octanol–water partition coefficient (Wildman–Crippen LogP) is 5.59. The van der Waals surface area contributed by atoms with Gasteiger partial charge in [0.05, 0.1) is 10.1 Å². The molecule has 3 aromatic carbocycles. The summed E-state index contributed by atoms with van der Waals surface area (Å²) < 4.78 is 26.0. The second-order valence-electron chi connectivity index (χ2n) is 7.36. The van der Waals surface area contributed by atoms with Crippen molar-refractivity contribution in [2.75, 3.05) is 0 Å². The van der Waals surface area contributed by atoms with Crippen LogP contribution in [-0.2, 0) is 20.7 Å². The fourth-order valence-electron chi connectivity index (χ4n) is 3.91. The molecule has 1 aliphatic rings. The van der Waals surface area contributed by atoms with Crippen LogP contribution in [-0.4, -0.2) is 18.8 Å². The first-order chi connectivity index (χ1) is 14.1. The number of phenols is 1. The van der Waals surface area contributed by atoms with Crippen molar-refractivity contribution in [3.05, 3.63) is 78.9 Å². The van der Waals surface area contributed by atoms with Crippen LogP contribution >= 0.6 is 0 Å². The Morgan fingerprint density at radius 2 is 1.31 bits per heavy atom. The summed E-state index contributed by atoms with van der Waals surface area (Å²) in [6, 6.07) is 24.7. The van der Waals surface area contributed by atoms with Crippen molar-refractivity contribution in [1.82, 2.24) is 0 Å². The van der Waals surface area contributed by atoms with Crippen LogP contribution in [0.1, 0.15) is 32.1 Å². The Labute approximate surface area is 175 Å². The largest absolute Gasteiger partial charge is 0.503 e. The second-order valence-corrected chi connectivity index (χ2v) is 11.6. The number of sulfone groups is 1. The third-order valence-electron chi connectivity index (χ3n) is 5.44. The van der Waals surface area contributed by atoms with Gasteiger partial charge in [-0.3, -0.25) is 0 Å². The Bertz CT molecular complexity index is 1050. The number of rotatable bonds is 5. The van der Waals surface area contributed by atoms with Gasteiger partial charge in [-0.1, -0.05) is 49.6 Å². The molecular weight excluding hydrogens is 400 g/mol. The van der Waals surface area contributed by atoms with Crippen LogP contribution < -0.4 is 0 Å². The van der Waals surface area contributed by atoms with Crippen LogP contribution in [0, 0.1) is 0 Å². The van der Waals surface area contributed by atoms with Crippen molar-refractivity contribution >= 4 is 20.7 Å². The highest BCUT2D eigenvalue weighted by atomic mass is 32.2. The number of hydrogen-bond donors (Lipinski definition) is 1. The Hall–Kier alpha value is -2.24. The van der Waals surface area contributed by atoms with Gasteiger partial charge in [0.2, 0.25) is 4.90 Å². The summed E-state index contributed by atoms with van der Waals surface area (Å²) in [5.41, 5.74) is 0. The average molecular weight is 426 g/mol. The maximum absolute atomic E-state index is 13.0. The molecule has 150 valence electrons. The van der Waals surface area contributed by atoms with Gasteiger partial charge in [-0.05, 0) is 61.4 Å².